The molecule has 102 valence electrons. The molecular formula is C18H12O2Te. The molecule has 21 heavy (non-hydrogen) atoms. The van der Waals surface area contributed by atoms with Crippen molar-refractivity contribution < 1.29 is 9.59 Å². The monoisotopic (exact) mass is 390 g/mol. The number of benzene rings is 2. The third-order valence-electron chi connectivity index (χ3n) is 3.29. The standard InChI is InChI=1S/C18H12O2Te/c19-11-15-16(12-20)18(14-9-5-2-6-10-14)21-17(15)13-7-3-1-4-8-13/h1-12H. The van der Waals surface area contributed by atoms with Gasteiger partial charge < -0.3 is 0 Å². The summed E-state index contributed by atoms with van der Waals surface area (Å²) in [6.07, 6.45) is 1.65. The first-order chi connectivity index (χ1) is 10.3. The second kappa shape index (κ2) is 6.22. The van der Waals surface area contributed by atoms with E-state index < -0.39 is 20.4 Å². The van der Waals surface area contributed by atoms with Crippen molar-refractivity contribution in [3.63, 3.8) is 0 Å². The van der Waals surface area contributed by atoms with Crippen molar-refractivity contribution in [2.75, 3.05) is 0 Å². The molecule has 1 aromatic heterocycles. The first kappa shape index (κ1) is 14.0. The summed E-state index contributed by atoms with van der Waals surface area (Å²) in [5.41, 5.74) is 3.23. The Morgan fingerprint density at radius 2 is 1.00 bits per heavy atom. The summed E-state index contributed by atoms with van der Waals surface area (Å²) in [4.78, 5) is 23.0. The maximum atomic E-state index is 11.5. The molecule has 0 saturated carbocycles. The first-order valence-electron chi connectivity index (χ1n) is 6.53. The Bertz CT molecular complexity index is 708. The fraction of sp³-hybridized carbons (Fsp3) is 0. The van der Waals surface area contributed by atoms with Gasteiger partial charge in [-0.05, 0) is 0 Å². The fourth-order valence-electron chi connectivity index (χ4n) is 2.30. The number of aldehydes is 2. The molecule has 0 fully saturated rings. The molecule has 0 saturated heterocycles. The summed E-state index contributed by atoms with van der Waals surface area (Å²) in [5.74, 6) is 0. The fourth-order valence-corrected chi connectivity index (χ4v) is 5.86. The molecule has 0 radical (unpaired) electrons. The summed E-state index contributed by atoms with van der Waals surface area (Å²) < 4.78 is 2.11. The molecule has 0 bridgehead atoms. The summed E-state index contributed by atoms with van der Waals surface area (Å²) in [6, 6.07) is 19.7. The summed E-state index contributed by atoms with van der Waals surface area (Å²) in [7, 11) is 0. The Kier molecular flexibility index (Phi) is 4.15. The van der Waals surface area contributed by atoms with Crippen LogP contribution < -0.4 is 0 Å². The van der Waals surface area contributed by atoms with E-state index in [1.807, 2.05) is 60.7 Å². The van der Waals surface area contributed by atoms with Gasteiger partial charge >= 0.3 is 133 Å². The summed E-state index contributed by atoms with van der Waals surface area (Å²) in [5, 5.41) is 0. The number of rotatable bonds is 4. The Labute approximate surface area is 132 Å². The van der Waals surface area contributed by atoms with Crippen LogP contribution in [-0.4, -0.2) is 33.0 Å². The van der Waals surface area contributed by atoms with Crippen molar-refractivity contribution in [2.45, 2.75) is 0 Å². The Morgan fingerprint density at radius 3 is 1.33 bits per heavy atom. The van der Waals surface area contributed by atoms with Gasteiger partial charge in [0.2, 0.25) is 0 Å². The third kappa shape index (κ3) is 2.63. The molecule has 0 unspecified atom stereocenters. The van der Waals surface area contributed by atoms with Gasteiger partial charge in [-0.3, -0.25) is 0 Å². The maximum absolute atomic E-state index is 11.5. The topological polar surface area (TPSA) is 34.1 Å². The van der Waals surface area contributed by atoms with Gasteiger partial charge in [0.25, 0.3) is 0 Å². The van der Waals surface area contributed by atoms with Crippen molar-refractivity contribution in [1.29, 1.82) is 0 Å². The molecule has 3 aromatic rings. The van der Waals surface area contributed by atoms with Crippen molar-refractivity contribution in [1.82, 2.24) is 0 Å². The first-order valence-corrected chi connectivity index (χ1v) is 8.86. The van der Waals surface area contributed by atoms with E-state index in [1.165, 1.54) is 0 Å². The molecule has 0 aliphatic rings. The van der Waals surface area contributed by atoms with E-state index in [0.29, 0.717) is 11.1 Å². The molecule has 0 aliphatic heterocycles. The minimum atomic E-state index is -0.752. The molecular weight excluding hydrogens is 376 g/mol. The molecule has 0 aliphatic carbocycles. The average molecular weight is 388 g/mol. The molecule has 1 heterocycles. The Hall–Kier alpha value is -1.95. The molecule has 0 N–H and O–H groups in total. The van der Waals surface area contributed by atoms with E-state index in [1.54, 1.807) is 0 Å². The van der Waals surface area contributed by atoms with Crippen LogP contribution in [0.4, 0.5) is 0 Å². The van der Waals surface area contributed by atoms with Crippen LogP contribution >= 0.6 is 0 Å². The van der Waals surface area contributed by atoms with Crippen molar-refractivity contribution in [2.24, 2.45) is 0 Å². The SMILES string of the molecule is O=Cc1c(-c2ccccc2)[te]c(-c2ccccc2)c1C=O. The predicted octanol–water partition coefficient (Wildman–Crippen LogP) is 3.70. The minimum absolute atomic E-state index is 0.567. The summed E-state index contributed by atoms with van der Waals surface area (Å²) >= 11 is -0.752. The van der Waals surface area contributed by atoms with E-state index in [4.69, 9.17) is 0 Å². The van der Waals surface area contributed by atoms with Crippen molar-refractivity contribution in [3.8, 4) is 18.3 Å². The third-order valence-corrected chi connectivity index (χ3v) is 7.06. The van der Waals surface area contributed by atoms with Crippen LogP contribution in [0.25, 0.3) is 18.3 Å². The van der Waals surface area contributed by atoms with Gasteiger partial charge in [0.1, 0.15) is 0 Å². The molecule has 2 aromatic carbocycles. The van der Waals surface area contributed by atoms with Crippen molar-refractivity contribution >= 4 is 33.0 Å². The summed E-state index contributed by atoms with van der Waals surface area (Å²) in [6.45, 7) is 0. The van der Waals surface area contributed by atoms with Crippen LogP contribution in [0.5, 0.6) is 0 Å². The quantitative estimate of drug-likeness (QED) is 0.505. The van der Waals surface area contributed by atoms with Gasteiger partial charge in [0.05, 0.1) is 0 Å². The zero-order chi connectivity index (χ0) is 14.7. The number of carbonyl (C=O) groups is 2. The molecule has 0 amide bonds. The number of hydrogen-bond acceptors (Lipinski definition) is 2. The van der Waals surface area contributed by atoms with Gasteiger partial charge in [-0.1, -0.05) is 0 Å². The van der Waals surface area contributed by atoms with Crippen LogP contribution in [-0.2, 0) is 0 Å². The van der Waals surface area contributed by atoms with Crippen LogP contribution in [0, 0.1) is 0 Å². The van der Waals surface area contributed by atoms with Crippen LogP contribution in [0.1, 0.15) is 20.7 Å². The normalized spacial score (nSPS) is 10.3. The van der Waals surface area contributed by atoms with Gasteiger partial charge in [-0.25, -0.2) is 0 Å². The zero-order valence-corrected chi connectivity index (χ0v) is 13.5. The van der Waals surface area contributed by atoms with Gasteiger partial charge in [0, 0.05) is 0 Å². The molecule has 0 spiro atoms. The zero-order valence-electron chi connectivity index (χ0n) is 11.2. The van der Waals surface area contributed by atoms with Crippen molar-refractivity contribution in [3.05, 3.63) is 71.8 Å². The van der Waals surface area contributed by atoms with Crippen LogP contribution in [0.15, 0.2) is 60.7 Å². The molecule has 3 heteroatoms. The molecule has 0 atom stereocenters. The van der Waals surface area contributed by atoms with Gasteiger partial charge in [-0.2, -0.15) is 0 Å². The Morgan fingerprint density at radius 1 is 0.619 bits per heavy atom. The van der Waals surface area contributed by atoms with E-state index in [-0.39, 0.29) is 0 Å². The van der Waals surface area contributed by atoms with E-state index >= 15 is 0 Å². The van der Waals surface area contributed by atoms with Gasteiger partial charge in [-0.15, -0.1) is 0 Å². The average Bonchev–Trinajstić information content (AvgIpc) is 2.95. The molecule has 3 rings (SSSR count). The second-order valence-corrected chi connectivity index (χ2v) is 7.47. The van der Waals surface area contributed by atoms with Crippen LogP contribution in [0.2, 0.25) is 0 Å². The molecule has 2 nitrogen and oxygen atoms in total. The number of hydrogen-bond donors (Lipinski definition) is 0. The van der Waals surface area contributed by atoms with E-state index in [0.717, 1.165) is 30.9 Å². The van der Waals surface area contributed by atoms with E-state index in [2.05, 4.69) is 0 Å². The predicted molar refractivity (Wildman–Crippen MR) is 85.0 cm³/mol. The van der Waals surface area contributed by atoms with Gasteiger partial charge in [0.15, 0.2) is 0 Å². The van der Waals surface area contributed by atoms with Crippen LogP contribution in [0.3, 0.4) is 0 Å². The van der Waals surface area contributed by atoms with E-state index in [9.17, 15) is 9.59 Å². The Balaban J connectivity index is 2.26. The second-order valence-electron chi connectivity index (χ2n) is 4.56. The number of carbonyl (C=O) groups excluding carboxylic acids is 2.